The normalized spacial score (nSPS) is 16.0. The molecule has 1 aliphatic heterocycles. The van der Waals surface area contributed by atoms with Crippen LogP contribution in [-0.4, -0.2) is 34.3 Å². The first-order valence-corrected chi connectivity index (χ1v) is 8.50. The van der Waals surface area contributed by atoms with Gasteiger partial charge in [-0.1, -0.05) is 11.8 Å². The molecule has 0 bridgehead atoms. The molecule has 116 valence electrons. The Morgan fingerprint density at radius 2 is 2.09 bits per heavy atom. The summed E-state index contributed by atoms with van der Waals surface area (Å²) in [5, 5.41) is 0.701. The lowest BCUT2D eigenvalue weighted by Crippen LogP contribution is -2.34. The number of nitrogens with zero attached hydrogens (tertiary/aromatic N) is 3. The molecule has 0 aromatic carbocycles. The Kier molecular flexibility index (Phi) is 4.33. The van der Waals surface area contributed by atoms with Crippen molar-refractivity contribution in [3.63, 3.8) is 0 Å². The molecule has 1 aliphatic rings. The van der Waals surface area contributed by atoms with Crippen molar-refractivity contribution in [3.8, 4) is 0 Å². The molecule has 0 spiro atoms. The van der Waals surface area contributed by atoms with Gasteiger partial charge in [-0.15, -0.1) is 0 Å². The number of hydrogen-bond acceptors (Lipinski definition) is 6. The zero-order chi connectivity index (χ0) is 15.5. The van der Waals surface area contributed by atoms with Crippen molar-refractivity contribution in [1.82, 2.24) is 15.0 Å². The number of pyridine rings is 1. The van der Waals surface area contributed by atoms with Crippen molar-refractivity contribution in [2.45, 2.75) is 23.9 Å². The molecule has 3 N–H and O–H groups in total. The molecule has 0 unspecified atom stereocenters. The third-order valence-corrected chi connectivity index (χ3v) is 4.53. The minimum atomic E-state index is -0.0342. The zero-order valence-corrected chi connectivity index (χ0v) is 13.3. The second-order valence-corrected chi connectivity index (χ2v) is 6.16. The van der Waals surface area contributed by atoms with Crippen LogP contribution in [0.15, 0.2) is 34.3 Å². The number of anilines is 2. The standard InChI is InChI=1S/C15H19N5OS/c1-22-15-18-12(16)9-13(19-15)20-6-3-10(4-7-20)11-2-5-17-14(21)8-11/h2,5,8-10H,3-4,6-7H2,1H3,(H,17,21)(H2,16,18,19). The fourth-order valence-corrected chi connectivity index (χ4v) is 3.22. The van der Waals surface area contributed by atoms with Crippen molar-refractivity contribution >= 4 is 23.4 Å². The average Bonchev–Trinajstić information content (AvgIpc) is 2.54. The van der Waals surface area contributed by atoms with Gasteiger partial charge in [-0.2, -0.15) is 0 Å². The number of nitrogens with one attached hydrogen (secondary N) is 1. The number of thioether (sulfide) groups is 1. The van der Waals surface area contributed by atoms with E-state index in [1.165, 1.54) is 11.8 Å². The first kappa shape index (κ1) is 14.9. The van der Waals surface area contributed by atoms with Crippen LogP contribution >= 0.6 is 11.8 Å². The summed E-state index contributed by atoms with van der Waals surface area (Å²) in [5.74, 6) is 1.82. The van der Waals surface area contributed by atoms with Crippen molar-refractivity contribution in [3.05, 3.63) is 40.3 Å². The van der Waals surface area contributed by atoms with E-state index in [2.05, 4.69) is 19.9 Å². The maximum absolute atomic E-state index is 11.4. The van der Waals surface area contributed by atoms with Crippen LogP contribution in [0, 0.1) is 0 Å². The van der Waals surface area contributed by atoms with Gasteiger partial charge in [0.25, 0.3) is 0 Å². The minimum absolute atomic E-state index is 0.0342. The van der Waals surface area contributed by atoms with E-state index in [0.717, 1.165) is 37.3 Å². The highest BCUT2D eigenvalue weighted by molar-refractivity contribution is 7.98. The van der Waals surface area contributed by atoms with Crippen LogP contribution in [0.4, 0.5) is 11.6 Å². The molecule has 0 aliphatic carbocycles. The maximum Gasteiger partial charge on any atom is 0.248 e. The molecular weight excluding hydrogens is 298 g/mol. The highest BCUT2D eigenvalue weighted by Crippen LogP contribution is 2.30. The lowest BCUT2D eigenvalue weighted by atomic mass is 9.90. The lowest BCUT2D eigenvalue weighted by Gasteiger charge is -2.33. The van der Waals surface area contributed by atoms with E-state index in [0.29, 0.717) is 16.9 Å². The third kappa shape index (κ3) is 3.24. The first-order valence-electron chi connectivity index (χ1n) is 7.28. The molecule has 3 heterocycles. The molecule has 1 saturated heterocycles. The van der Waals surface area contributed by atoms with Gasteiger partial charge >= 0.3 is 0 Å². The second-order valence-electron chi connectivity index (χ2n) is 5.39. The number of nitrogens with two attached hydrogens (primary N) is 1. The van der Waals surface area contributed by atoms with Crippen molar-refractivity contribution < 1.29 is 0 Å². The van der Waals surface area contributed by atoms with Crippen molar-refractivity contribution in [1.29, 1.82) is 0 Å². The molecule has 7 heteroatoms. The van der Waals surface area contributed by atoms with E-state index >= 15 is 0 Å². The van der Waals surface area contributed by atoms with Crippen molar-refractivity contribution in [2.24, 2.45) is 0 Å². The number of piperidine rings is 1. The van der Waals surface area contributed by atoms with Gasteiger partial charge in [0.1, 0.15) is 11.6 Å². The Balaban J connectivity index is 1.71. The van der Waals surface area contributed by atoms with Gasteiger partial charge in [0.15, 0.2) is 5.16 Å². The smallest absolute Gasteiger partial charge is 0.248 e. The molecule has 22 heavy (non-hydrogen) atoms. The van der Waals surface area contributed by atoms with E-state index in [1.807, 2.05) is 18.4 Å². The summed E-state index contributed by atoms with van der Waals surface area (Å²) in [7, 11) is 0. The van der Waals surface area contributed by atoms with Gasteiger partial charge in [0.2, 0.25) is 5.56 Å². The molecule has 0 amide bonds. The monoisotopic (exact) mass is 317 g/mol. The number of aromatic nitrogens is 3. The summed E-state index contributed by atoms with van der Waals surface area (Å²) >= 11 is 1.49. The molecule has 0 saturated carbocycles. The Morgan fingerprint density at radius 3 is 2.77 bits per heavy atom. The Bertz CT molecular complexity index is 709. The van der Waals surface area contributed by atoms with E-state index in [-0.39, 0.29) is 5.56 Å². The maximum atomic E-state index is 11.4. The molecule has 2 aromatic rings. The molecule has 0 atom stereocenters. The molecule has 6 nitrogen and oxygen atoms in total. The number of hydrogen-bond donors (Lipinski definition) is 2. The van der Waals surface area contributed by atoms with Crippen LogP contribution in [0.25, 0.3) is 0 Å². The fourth-order valence-electron chi connectivity index (χ4n) is 2.84. The number of nitrogen functional groups attached to an aromatic ring is 1. The van der Waals surface area contributed by atoms with Crippen molar-refractivity contribution in [2.75, 3.05) is 30.0 Å². The van der Waals surface area contributed by atoms with Crippen LogP contribution in [-0.2, 0) is 0 Å². The second kappa shape index (κ2) is 6.39. The Morgan fingerprint density at radius 1 is 1.32 bits per heavy atom. The molecular formula is C15H19N5OS. The third-order valence-electron chi connectivity index (χ3n) is 3.98. The summed E-state index contributed by atoms with van der Waals surface area (Å²) < 4.78 is 0. The van der Waals surface area contributed by atoms with E-state index in [4.69, 9.17) is 5.73 Å². The molecule has 1 fully saturated rings. The van der Waals surface area contributed by atoms with Gasteiger partial charge in [-0.05, 0) is 36.6 Å². The quantitative estimate of drug-likeness (QED) is 0.663. The summed E-state index contributed by atoms with van der Waals surface area (Å²) in [4.78, 5) is 25.0. The molecule has 3 rings (SSSR count). The van der Waals surface area contributed by atoms with Crippen LogP contribution in [0.1, 0.15) is 24.3 Å². The highest BCUT2D eigenvalue weighted by atomic mass is 32.2. The summed E-state index contributed by atoms with van der Waals surface area (Å²) in [6.45, 7) is 1.81. The zero-order valence-electron chi connectivity index (χ0n) is 12.5. The van der Waals surface area contributed by atoms with Gasteiger partial charge < -0.3 is 15.6 Å². The Hall–Kier alpha value is -2.02. The van der Waals surface area contributed by atoms with Gasteiger partial charge in [-0.3, -0.25) is 4.79 Å². The van der Waals surface area contributed by atoms with Gasteiger partial charge in [0, 0.05) is 31.4 Å². The Labute approximate surface area is 133 Å². The van der Waals surface area contributed by atoms with Crippen LogP contribution in [0.3, 0.4) is 0 Å². The van der Waals surface area contributed by atoms with E-state index in [9.17, 15) is 4.79 Å². The van der Waals surface area contributed by atoms with Gasteiger partial charge in [0.05, 0.1) is 0 Å². The highest BCUT2D eigenvalue weighted by Gasteiger charge is 2.22. The summed E-state index contributed by atoms with van der Waals surface area (Å²) in [6, 6.07) is 5.53. The molecule has 2 aromatic heterocycles. The average molecular weight is 317 g/mol. The van der Waals surface area contributed by atoms with E-state index < -0.39 is 0 Å². The predicted octanol–water partition coefficient (Wildman–Crippen LogP) is 1.85. The van der Waals surface area contributed by atoms with E-state index in [1.54, 1.807) is 12.3 Å². The topological polar surface area (TPSA) is 87.9 Å². The van der Waals surface area contributed by atoms with Crippen LogP contribution < -0.4 is 16.2 Å². The SMILES string of the molecule is CSc1nc(N)cc(N2CCC(c3cc[nH]c(=O)c3)CC2)n1. The predicted molar refractivity (Wildman–Crippen MR) is 89.5 cm³/mol. The van der Waals surface area contributed by atoms with Crippen LogP contribution in [0.5, 0.6) is 0 Å². The number of aromatic amines is 1. The number of rotatable bonds is 3. The fraction of sp³-hybridized carbons (Fsp3) is 0.400. The first-order chi connectivity index (χ1) is 10.7. The lowest BCUT2D eigenvalue weighted by molar-refractivity contribution is 0.501. The van der Waals surface area contributed by atoms with Crippen LogP contribution in [0.2, 0.25) is 0 Å². The summed E-state index contributed by atoms with van der Waals surface area (Å²) in [5.41, 5.74) is 6.93. The molecule has 0 radical (unpaired) electrons. The number of H-pyrrole nitrogens is 1. The minimum Gasteiger partial charge on any atom is -0.383 e. The largest absolute Gasteiger partial charge is 0.383 e. The van der Waals surface area contributed by atoms with Gasteiger partial charge in [-0.25, -0.2) is 9.97 Å². The summed E-state index contributed by atoms with van der Waals surface area (Å²) in [6.07, 6.45) is 5.67.